The Morgan fingerprint density at radius 1 is 0.812 bits per heavy atom. The topological polar surface area (TPSA) is 76.7 Å². The third kappa shape index (κ3) is 6.03. The first-order chi connectivity index (χ1) is 15.4. The Balaban J connectivity index is 1.93. The summed E-state index contributed by atoms with van der Waals surface area (Å²) in [5, 5.41) is 6.46. The molecule has 3 aromatic carbocycles. The molecule has 32 heavy (non-hydrogen) atoms. The van der Waals surface area contributed by atoms with Gasteiger partial charge >= 0.3 is 0 Å². The summed E-state index contributed by atoms with van der Waals surface area (Å²) in [6, 6.07) is 18.1. The van der Waals surface area contributed by atoms with E-state index in [0.29, 0.717) is 38.4 Å². The molecule has 0 atom stereocenters. The number of rotatable bonds is 7. The first-order valence-corrected chi connectivity index (χ1v) is 10.2. The Morgan fingerprint density at radius 2 is 1.41 bits per heavy atom. The van der Waals surface area contributed by atoms with Gasteiger partial charge in [0.2, 0.25) is 0 Å². The predicted octanol–water partition coefficient (Wildman–Crippen LogP) is 5.42. The average molecular weight is 471 g/mol. The molecule has 8 heteroatoms. The number of carbonyl (C=O) groups excluding carboxylic acids is 2. The van der Waals surface area contributed by atoms with Crippen LogP contribution in [0.15, 0.2) is 72.4 Å². The van der Waals surface area contributed by atoms with Crippen LogP contribution >= 0.6 is 23.2 Å². The van der Waals surface area contributed by atoms with Gasteiger partial charge in [-0.3, -0.25) is 9.59 Å². The zero-order valence-electron chi connectivity index (χ0n) is 17.3. The average Bonchev–Trinajstić information content (AvgIpc) is 2.80. The number of methoxy groups -OCH3 is 2. The van der Waals surface area contributed by atoms with Gasteiger partial charge in [0.15, 0.2) is 11.5 Å². The summed E-state index contributed by atoms with van der Waals surface area (Å²) in [6.45, 7) is 0. The fourth-order valence-electron chi connectivity index (χ4n) is 2.80. The second-order valence-corrected chi connectivity index (χ2v) is 7.47. The van der Waals surface area contributed by atoms with Crippen molar-refractivity contribution in [1.29, 1.82) is 0 Å². The van der Waals surface area contributed by atoms with Crippen molar-refractivity contribution >= 4 is 46.8 Å². The van der Waals surface area contributed by atoms with Gasteiger partial charge in [-0.05, 0) is 72.3 Å². The first-order valence-electron chi connectivity index (χ1n) is 9.47. The van der Waals surface area contributed by atoms with Crippen LogP contribution in [0.2, 0.25) is 10.0 Å². The summed E-state index contributed by atoms with van der Waals surface area (Å²) in [6.07, 6.45) is 1.54. The quantitative estimate of drug-likeness (QED) is 0.452. The van der Waals surface area contributed by atoms with E-state index in [2.05, 4.69) is 10.6 Å². The lowest BCUT2D eigenvalue weighted by molar-refractivity contribution is -0.113. The maximum absolute atomic E-state index is 13.0. The molecule has 0 aromatic heterocycles. The van der Waals surface area contributed by atoms with E-state index in [1.54, 1.807) is 72.8 Å². The molecule has 0 unspecified atom stereocenters. The molecule has 2 amide bonds. The largest absolute Gasteiger partial charge is 0.493 e. The lowest BCUT2D eigenvalue weighted by Crippen LogP contribution is -2.30. The van der Waals surface area contributed by atoms with Crippen LogP contribution in [0, 0.1) is 0 Å². The van der Waals surface area contributed by atoms with Crippen molar-refractivity contribution in [2.45, 2.75) is 0 Å². The maximum Gasteiger partial charge on any atom is 0.272 e. The first kappa shape index (κ1) is 23.2. The molecule has 0 fully saturated rings. The molecular weight excluding hydrogens is 451 g/mol. The van der Waals surface area contributed by atoms with E-state index in [1.165, 1.54) is 14.2 Å². The second kappa shape index (κ2) is 10.7. The SMILES string of the molecule is COc1ccc(C=C(NC(=O)c2ccc(Cl)cc2)C(=O)Nc2ccc(Cl)cc2)cc1OC. The molecule has 0 bridgehead atoms. The lowest BCUT2D eigenvalue weighted by Gasteiger charge is -2.12. The number of hydrogen-bond acceptors (Lipinski definition) is 4. The molecule has 0 aliphatic carbocycles. The van der Waals surface area contributed by atoms with E-state index < -0.39 is 11.8 Å². The number of halogens is 2. The molecule has 0 aliphatic rings. The van der Waals surface area contributed by atoms with Crippen LogP contribution < -0.4 is 20.1 Å². The zero-order chi connectivity index (χ0) is 23.1. The zero-order valence-corrected chi connectivity index (χ0v) is 18.8. The summed E-state index contributed by atoms with van der Waals surface area (Å²) < 4.78 is 10.6. The van der Waals surface area contributed by atoms with E-state index in [0.717, 1.165) is 0 Å². The van der Waals surface area contributed by atoms with Crippen molar-refractivity contribution in [3.05, 3.63) is 93.6 Å². The molecule has 0 spiro atoms. The van der Waals surface area contributed by atoms with Gasteiger partial charge in [0.1, 0.15) is 5.70 Å². The highest BCUT2D eigenvalue weighted by Crippen LogP contribution is 2.28. The minimum atomic E-state index is -0.510. The van der Waals surface area contributed by atoms with Crippen LogP contribution in [-0.2, 0) is 4.79 Å². The van der Waals surface area contributed by atoms with E-state index in [9.17, 15) is 9.59 Å². The van der Waals surface area contributed by atoms with Crippen LogP contribution in [-0.4, -0.2) is 26.0 Å². The van der Waals surface area contributed by atoms with Crippen LogP contribution in [0.3, 0.4) is 0 Å². The van der Waals surface area contributed by atoms with Crippen molar-refractivity contribution in [2.75, 3.05) is 19.5 Å². The number of anilines is 1. The molecule has 2 N–H and O–H groups in total. The maximum atomic E-state index is 13.0. The van der Waals surface area contributed by atoms with Crippen LogP contribution in [0.1, 0.15) is 15.9 Å². The summed E-state index contributed by atoms with van der Waals surface area (Å²) in [4.78, 5) is 25.7. The van der Waals surface area contributed by atoms with Gasteiger partial charge in [-0.2, -0.15) is 0 Å². The highest BCUT2D eigenvalue weighted by molar-refractivity contribution is 6.31. The van der Waals surface area contributed by atoms with Crippen molar-refractivity contribution in [3.8, 4) is 11.5 Å². The van der Waals surface area contributed by atoms with Gasteiger partial charge in [-0.1, -0.05) is 29.3 Å². The smallest absolute Gasteiger partial charge is 0.272 e. The number of ether oxygens (including phenoxy) is 2. The number of nitrogens with one attached hydrogen (secondary N) is 2. The fraction of sp³-hybridized carbons (Fsp3) is 0.0833. The van der Waals surface area contributed by atoms with Crippen LogP contribution in [0.25, 0.3) is 6.08 Å². The molecule has 0 saturated carbocycles. The van der Waals surface area contributed by atoms with Crippen molar-refractivity contribution in [2.24, 2.45) is 0 Å². The lowest BCUT2D eigenvalue weighted by atomic mass is 10.1. The molecule has 164 valence electrons. The van der Waals surface area contributed by atoms with Crippen molar-refractivity contribution < 1.29 is 19.1 Å². The monoisotopic (exact) mass is 470 g/mol. The number of amides is 2. The van der Waals surface area contributed by atoms with Gasteiger partial charge in [0, 0.05) is 21.3 Å². The summed E-state index contributed by atoms with van der Waals surface area (Å²) in [5.74, 6) is 0.0637. The molecule has 0 radical (unpaired) electrons. The minimum absolute atomic E-state index is 0.0344. The number of hydrogen-bond donors (Lipinski definition) is 2. The highest BCUT2D eigenvalue weighted by atomic mass is 35.5. The van der Waals surface area contributed by atoms with Crippen LogP contribution in [0.5, 0.6) is 11.5 Å². The second-order valence-electron chi connectivity index (χ2n) is 6.59. The van der Waals surface area contributed by atoms with Crippen molar-refractivity contribution in [1.82, 2.24) is 5.32 Å². The Bertz CT molecular complexity index is 1140. The Hall–Kier alpha value is -3.48. The number of carbonyl (C=O) groups is 2. The molecule has 3 aromatic rings. The molecule has 0 aliphatic heterocycles. The Morgan fingerprint density at radius 3 is 2.00 bits per heavy atom. The summed E-state index contributed by atoms with van der Waals surface area (Å²) in [7, 11) is 3.05. The third-order valence-corrected chi connectivity index (χ3v) is 4.92. The van der Waals surface area contributed by atoms with Crippen molar-refractivity contribution in [3.63, 3.8) is 0 Å². The van der Waals surface area contributed by atoms with Gasteiger partial charge < -0.3 is 20.1 Å². The third-order valence-electron chi connectivity index (χ3n) is 4.42. The summed E-state index contributed by atoms with van der Waals surface area (Å²) in [5.41, 5.74) is 1.54. The van der Waals surface area contributed by atoms with E-state index >= 15 is 0 Å². The molecule has 3 rings (SSSR count). The Kier molecular flexibility index (Phi) is 7.76. The highest BCUT2D eigenvalue weighted by Gasteiger charge is 2.16. The van der Waals surface area contributed by atoms with Gasteiger partial charge in [-0.25, -0.2) is 0 Å². The minimum Gasteiger partial charge on any atom is -0.493 e. The van der Waals surface area contributed by atoms with E-state index in [1.807, 2.05) is 0 Å². The molecular formula is C24H20Cl2N2O4. The van der Waals surface area contributed by atoms with Gasteiger partial charge in [0.25, 0.3) is 11.8 Å². The summed E-state index contributed by atoms with van der Waals surface area (Å²) >= 11 is 11.8. The standard InChI is InChI=1S/C24H20Cl2N2O4/c1-31-21-12-3-15(14-22(21)32-2)13-20(24(30)27-19-10-8-18(26)9-11-19)28-23(29)16-4-6-17(25)7-5-16/h3-14H,1-2H3,(H,27,30)(H,28,29). The van der Waals surface area contributed by atoms with Gasteiger partial charge in [-0.15, -0.1) is 0 Å². The Labute approximate surface area is 195 Å². The van der Waals surface area contributed by atoms with E-state index in [4.69, 9.17) is 32.7 Å². The molecule has 6 nitrogen and oxygen atoms in total. The normalized spacial score (nSPS) is 10.9. The molecule has 0 saturated heterocycles. The van der Waals surface area contributed by atoms with E-state index in [-0.39, 0.29) is 5.70 Å². The van der Waals surface area contributed by atoms with Crippen LogP contribution in [0.4, 0.5) is 5.69 Å². The fourth-order valence-corrected chi connectivity index (χ4v) is 3.05. The predicted molar refractivity (Wildman–Crippen MR) is 127 cm³/mol. The van der Waals surface area contributed by atoms with Gasteiger partial charge in [0.05, 0.1) is 14.2 Å². The molecule has 0 heterocycles. The number of benzene rings is 3.